The van der Waals surface area contributed by atoms with Crippen LogP contribution >= 0.6 is 12.2 Å². The SMILES string of the molecule is C[C@@H]1CCCC[C@@H]1NC(=S)NNC(=O)COc1ccccc1-c1ccccc1. The molecular weight excluding hydrogens is 370 g/mol. The van der Waals surface area contributed by atoms with Gasteiger partial charge in [0.15, 0.2) is 11.7 Å². The lowest BCUT2D eigenvalue weighted by Crippen LogP contribution is -2.52. The van der Waals surface area contributed by atoms with E-state index in [1.807, 2.05) is 54.6 Å². The summed E-state index contributed by atoms with van der Waals surface area (Å²) >= 11 is 5.29. The van der Waals surface area contributed by atoms with Gasteiger partial charge in [0.05, 0.1) is 0 Å². The van der Waals surface area contributed by atoms with Gasteiger partial charge in [-0.2, -0.15) is 0 Å². The predicted molar refractivity (Wildman–Crippen MR) is 116 cm³/mol. The van der Waals surface area contributed by atoms with Gasteiger partial charge in [0.2, 0.25) is 0 Å². The molecule has 3 rings (SSSR count). The Labute approximate surface area is 171 Å². The van der Waals surface area contributed by atoms with Gasteiger partial charge in [-0.25, -0.2) is 0 Å². The highest BCUT2D eigenvalue weighted by molar-refractivity contribution is 7.80. The van der Waals surface area contributed by atoms with Crippen LogP contribution in [0.2, 0.25) is 0 Å². The molecule has 1 amide bonds. The van der Waals surface area contributed by atoms with Crippen LogP contribution in [0.15, 0.2) is 54.6 Å². The predicted octanol–water partition coefficient (Wildman–Crippen LogP) is 3.81. The van der Waals surface area contributed by atoms with Crippen molar-refractivity contribution < 1.29 is 9.53 Å². The first-order valence-corrected chi connectivity index (χ1v) is 10.2. The second-order valence-corrected chi connectivity index (χ2v) is 7.57. The van der Waals surface area contributed by atoms with Crippen molar-refractivity contribution in [2.75, 3.05) is 6.61 Å². The molecule has 6 heteroatoms. The lowest BCUT2D eigenvalue weighted by Gasteiger charge is -2.30. The monoisotopic (exact) mass is 397 g/mol. The highest BCUT2D eigenvalue weighted by Crippen LogP contribution is 2.29. The molecule has 1 aliphatic carbocycles. The number of hydrogen-bond acceptors (Lipinski definition) is 3. The van der Waals surface area contributed by atoms with Gasteiger partial charge in [0.25, 0.3) is 5.91 Å². The molecule has 0 unspecified atom stereocenters. The highest BCUT2D eigenvalue weighted by Gasteiger charge is 2.21. The summed E-state index contributed by atoms with van der Waals surface area (Å²) in [5, 5.41) is 3.73. The van der Waals surface area contributed by atoms with Crippen LogP contribution in [0.4, 0.5) is 0 Å². The van der Waals surface area contributed by atoms with E-state index in [-0.39, 0.29) is 12.5 Å². The van der Waals surface area contributed by atoms with Crippen molar-refractivity contribution in [3.05, 3.63) is 54.6 Å². The summed E-state index contributed by atoms with van der Waals surface area (Å²) in [6.07, 6.45) is 4.81. The Bertz CT molecular complexity index is 797. The number of amides is 1. The van der Waals surface area contributed by atoms with Crippen LogP contribution in [0.5, 0.6) is 5.75 Å². The number of rotatable bonds is 5. The Morgan fingerprint density at radius 2 is 1.75 bits per heavy atom. The Morgan fingerprint density at radius 1 is 1.04 bits per heavy atom. The summed E-state index contributed by atoms with van der Waals surface area (Å²) in [5.74, 6) is 0.964. The minimum absolute atomic E-state index is 0.0979. The molecule has 0 radical (unpaired) electrons. The van der Waals surface area contributed by atoms with Gasteiger partial charge < -0.3 is 10.1 Å². The molecule has 28 heavy (non-hydrogen) atoms. The molecule has 0 spiro atoms. The first kappa shape index (κ1) is 20.1. The zero-order chi connectivity index (χ0) is 19.8. The fourth-order valence-electron chi connectivity index (χ4n) is 3.49. The number of carbonyl (C=O) groups is 1. The van der Waals surface area contributed by atoms with Crippen LogP contribution < -0.4 is 20.9 Å². The van der Waals surface area contributed by atoms with Crippen molar-refractivity contribution in [3.8, 4) is 16.9 Å². The number of nitrogens with one attached hydrogen (secondary N) is 3. The number of carbonyl (C=O) groups excluding carboxylic acids is 1. The van der Waals surface area contributed by atoms with Gasteiger partial charge in [-0.1, -0.05) is 68.3 Å². The number of hydrazine groups is 1. The molecular formula is C22H27N3O2S. The van der Waals surface area contributed by atoms with Crippen molar-refractivity contribution in [1.29, 1.82) is 0 Å². The second-order valence-electron chi connectivity index (χ2n) is 7.17. The summed E-state index contributed by atoms with van der Waals surface area (Å²) in [4.78, 5) is 12.1. The molecule has 0 saturated heterocycles. The number of hydrogen-bond donors (Lipinski definition) is 3. The number of benzene rings is 2. The topological polar surface area (TPSA) is 62.4 Å². The molecule has 0 heterocycles. The van der Waals surface area contributed by atoms with Gasteiger partial charge in [-0.3, -0.25) is 15.6 Å². The number of ether oxygens (including phenoxy) is 1. The summed E-state index contributed by atoms with van der Waals surface area (Å²) in [5.41, 5.74) is 7.37. The Kier molecular flexibility index (Phi) is 7.25. The van der Waals surface area contributed by atoms with Gasteiger partial charge in [0.1, 0.15) is 5.75 Å². The largest absolute Gasteiger partial charge is 0.483 e. The normalized spacial score (nSPS) is 18.8. The number of thiocarbonyl (C=S) groups is 1. The first-order chi connectivity index (χ1) is 13.6. The van der Waals surface area contributed by atoms with Crippen molar-refractivity contribution >= 4 is 23.2 Å². The summed E-state index contributed by atoms with van der Waals surface area (Å²) in [6, 6.07) is 18.0. The molecule has 2 atom stereocenters. The Hall–Kier alpha value is -2.60. The van der Waals surface area contributed by atoms with E-state index in [0.29, 0.717) is 22.8 Å². The van der Waals surface area contributed by atoms with E-state index in [0.717, 1.165) is 17.5 Å². The van der Waals surface area contributed by atoms with Crippen LogP contribution in [-0.2, 0) is 4.79 Å². The molecule has 1 fully saturated rings. The van der Waals surface area contributed by atoms with E-state index in [1.54, 1.807) is 0 Å². The lowest BCUT2D eigenvalue weighted by atomic mass is 9.86. The minimum Gasteiger partial charge on any atom is -0.483 e. The third-order valence-corrected chi connectivity index (χ3v) is 5.29. The smallest absolute Gasteiger partial charge is 0.276 e. The fraction of sp³-hybridized carbons (Fsp3) is 0.364. The fourth-order valence-corrected chi connectivity index (χ4v) is 3.69. The molecule has 1 aliphatic rings. The van der Waals surface area contributed by atoms with Gasteiger partial charge in [-0.05, 0) is 42.6 Å². The maximum absolute atomic E-state index is 12.1. The van der Waals surface area contributed by atoms with E-state index < -0.39 is 0 Å². The molecule has 1 saturated carbocycles. The third-order valence-electron chi connectivity index (χ3n) is 5.07. The molecule has 3 N–H and O–H groups in total. The van der Waals surface area contributed by atoms with Gasteiger partial charge in [-0.15, -0.1) is 0 Å². The molecule has 2 aromatic rings. The van der Waals surface area contributed by atoms with Crippen molar-refractivity contribution in [1.82, 2.24) is 16.2 Å². The molecule has 5 nitrogen and oxygen atoms in total. The average molecular weight is 398 g/mol. The van der Waals surface area contributed by atoms with Gasteiger partial charge >= 0.3 is 0 Å². The quantitative estimate of drug-likeness (QED) is 0.529. The third kappa shape index (κ3) is 5.70. The molecule has 2 aromatic carbocycles. The van der Waals surface area contributed by atoms with E-state index >= 15 is 0 Å². The molecule has 148 valence electrons. The summed E-state index contributed by atoms with van der Waals surface area (Å²) in [7, 11) is 0. The van der Waals surface area contributed by atoms with E-state index in [9.17, 15) is 4.79 Å². The Morgan fingerprint density at radius 3 is 2.54 bits per heavy atom. The standard InChI is InChI=1S/C22H27N3O2S/c1-16-9-5-7-13-19(16)23-22(28)25-24-21(26)15-27-20-14-8-6-12-18(20)17-10-3-2-4-11-17/h2-4,6,8,10-12,14,16,19H,5,7,9,13,15H2,1H3,(H,24,26)(H2,23,25,28)/t16-,19+/m1/s1. The Balaban J connectivity index is 1.47. The van der Waals surface area contributed by atoms with Crippen LogP contribution in [0.3, 0.4) is 0 Å². The van der Waals surface area contributed by atoms with E-state index in [2.05, 4.69) is 23.1 Å². The average Bonchev–Trinajstić information content (AvgIpc) is 2.73. The van der Waals surface area contributed by atoms with Crippen molar-refractivity contribution in [2.45, 2.75) is 38.6 Å². The molecule has 0 aromatic heterocycles. The first-order valence-electron chi connectivity index (χ1n) is 9.76. The zero-order valence-corrected chi connectivity index (χ0v) is 16.9. The van der Waals surface area contributed by atoms with Gasteiger partial charge in [0, 0.05) is 11.6 Å². The summed E-state index contributed by atoms with van der Waals surface area (Å²) < 4.78 is 5.74. The van der Waals surface area contributed by atoms with E-state index in [4.69, 9.17) is 17.0 Å². The summed E-state index contributed by atoms with van der Waals surface area (Å²) in [6.45, 7) is 2.13. The second kappa shape index (κ2) is 10.1. The molecule has 0 bridgehead atoms. The van der Waals surface area contributed by atoms with Crippen molar-refractivity contribution in [3.63, 3.8) is 0 Å². The van der Waals surface area contributed by atoms with E-state index in [1.165, 1.54) is 19.3 Å². The zero-order valence-electron chi connectivity index (χ0n) is 16.1. The van der Waals surface area contributed by atoms with Crippen LogP contribution in [0.1, 0.15) is 32.6 Å². The van der Waals surface area contributed by atoms with Crippen LogP contribution in [-0.4, -0.2) is 23.7 Å². The maximum Gasteiger partial charge on any atom is 0.276 e. The minimum atomic E-state index is -0.288. The van der Waals surface area contributed by atoms with Crippen molar-refractivity contribution in [2.24, 2.45) is 5.92 Å². The molecule has 0 aliphatic heterocycles. The number of para-hydroxylation sites is 1. The van der Waals surface area contributed by atoms with Crippen LogP contribution in [0, 0.1) is 5.92 Å². The van der Waals surface area contributed by atoms with Crippen LogP contribution in [0.25, 0.3) is 11.1 Å². The highest BCUT2D eigenvalue weighted by atomic mass is 32.1. The maximum atomic E-state index is 12.1. The lowest BCUT2D eigenvalue weighted by molar-refractivity contribution is -0.123.